The standard InChI is InChI=1S/C12H11BrN4/c1-6-14-9-4-3-8(5-10(9)15-6)11-12(13)17-7(2)16-11/h3-5H,1-2H3,(H,14,15)(H,16,17). The molecule has 0 spiro atoms. The smallest absolute Gasteiger partial charge is 0.110 e. The summed E-state index contributed by atoms with van der Waals surface area (Å²) in [6, 6.07) is 6.10. The highest BCUT2D eigenvalue weighted by Gasteiger charge is 2.09. The molecule has 17 heavy (non-hydrogen) atoms. The molecule has 3 rings (SSSR count). The van der Waals surface area contributed by atoms with E-state index in [9.17, 15) is 0 Å². The molecular weight excluding hydrogens is 280 g/mol. The lowest BCUT2D eigenvalue weighted by Gasteiger charge is -1.97. The van der Waals surface area contributed by atoms with Crippen LogP contribution in [0.1, 0.15) is 11.6 Å². The zero-order chi connectivity index (χ0) is 12.0. The van der Waals surface area contributed by atoms with E-state index in [2.05, 4.69) is 41.9 Å². The molecule has 0 unspecified atom stereocenters. The van der Waals surface area contributed by atoms with Gasteiger partial charge in [0.2, 0.25) is 0 Å². The molecule has 4 nitrogen and oxygen atoms in total. The summed E-state index contributed by atoms with van der Waals surface area (Å²) in [5, 5.41) is 0. The second-order valence-corrected chi connectivity index (χ2v) is 4.83. The number of aromatic nitrogens is 4. The van der Waals surface area contributed by atoms with E-state index in [0.717, 1.165) is 38.5 Å². The Morgan fingerprint density at radius 2 is 1.82 bits per heavy atom. The Bertz CT molecular complexity index is 696. The van der Waals surface area contributed by atoms with Gasteiger partial charge in [-0.2, -0.15) is 0 Å². The molecule has 0 bridgehead atoms. The van der Waals surface area contributed by atoms with Crippen LogP contribution in [0.3, 0.4) is 0 Å². The van der Waals surface area contributed by atoms with E-state index >= 15 is 0 Å². The zero-order valence-corrected chi connectivity index (χ0v) is 11.1. The Hall–Kier alpha value is -1.62. The highest BCUT2D eigenvalue weighted by atomic mass is 79.9. The molecule has 0 amide bonds. The molecule has 86 valence electrons. The van der Waals surface area contributed by atoms with E-state index in [-0.39, 0.29) is 0 Å². The average Bonchev–Trinajstić information content (AvgIpc) is 2.78. The van der Waals surface area contributed by atoms with Gasteiger partial charge in [-0.25, -0.2) is 9.97 Å². The molecule has 0 aliphatic rings. The maximum atomic E-state index is 4.46. The maximum Gasteiger partial charge on any atom is 0.110 e. The van der Waals surface area contributed by atoms with Crippen LogP contribution < -0.4 is 0 Å². The highest BCUT2D eigenvalue weighted by Crippen LogP contribution is 2.27. The molecule has 3 aromatic rings. The van der Waals surface area contributed by atoms with Gasteiger partial charge in [0.05, 0.1) is 11.0 Å². The van der Waals surface area contributed by atoms with Crippen molar-refractivity contribution >= 4 is 27.0 Å². The summed E-state index contributed by atoms with van der Waals surface area (Å²) < 4.78 is 0.908. The fraction of sp³-hybridized carbons (Fsp3) is 0.167. The Balaban J connectivity index is 2.20. The van der Waals surface area contributed by atoms with E-state index in [1.54, 1.807) is 0 Å². The first-order chi connectivity index (χ1) is 8.13. The predicted octanol–water partition coefficient (Wildman–Crippen LogP) is 3.33. The van der Waals surface area contributed by atoms with Gasteiger partial charge in [-0.15, -0.1) is 0 Å². The van der Waals surface area contributed by atoms with Crippen molar-refractivity contribution in [2.45, 2.75) is 13.8 Å². The number of aromatic amines is 2. The highest BCUT2D eigenvalue weighted by molar-refractivity contribution is 9.10. The van der Waals surface area contributed by atoms with Gasteiger partial charge < -0.3 is 9.97 Å². The lowest BCUT2D eigenvalue weighted by molar-refractivity contribution is 1.14. The SMILES string of the molecule is Cc1nc(-c2ccc3nc(C)[nH]c3c2)c(Br)[nH]1. The maximum absolute atomic E-state index is 4.46. The quantitative estimate of drug-likeness (QED) is 0.722. The number of benzene rings is 1. The van der Waals surface area contributed by atoms with Crippen molar-refractivity contribution in [1.82, 2.24) is 19.9 Å². The van der Waals surface area contributed by atoms with Crippen molar-refractivity contribution in [3.63, 3.8) is 0 Å². The molecular formula is C12H11BrN4. The van der Waals surface area contributed by atoms with Crippen LogP contribution in [0.5, 0.6) is 0 Å². The first kappa shape index (κ1) is 10.5. The number of fused-ring (bicyclic) bond motifs is 1. The van der Waals surface area contributed by atoms with E-state index < -0.39 is 0 Å². The number of imidazole rings is 2. The molecule has 1 aromatic carbocycles. The first-order valence-electron chi connectivity index (χ1n) is 5.32. The zero-order valence-electron chi connectivity index (χ0n) is 9.50. The topological polar surface area (TPSA) is 57.4 Å². The van der Waals surface area contributed by atoms with Crippen molar-refractivity contribution in [3.8, 4) is 11.3 Å². The van der Waals surface area contributed by atoms with Gasteiger partial charge in [-0.1, -0.05) is 6.07 Å². The van der Waals surface area contributed by atoms with Crippen LogP contribution in [0.4, 0.5) is 0 Å². The normalized spacial score (nSPS) is 11.2. The Morgan fingerprint density at radius 3 is 2.53 bits per heavy atom. The van der Waals surface area contributed by atoms with Crippen LogP contribution in [-0.4, -0.2) is 19.9 Å². The minimum absolute atomic E-state index is 0.896. The van der Waals surface area contributed by atoms with E-state index in [1.807, 2.05) is 26.0 Å². The summed E-state index contributed by atoms with van der Waals surface area (Å²) in [4.78, 5) is 15.2. The van der Waals surface area contributed by atoms with Gasteiger partial charge >= 0.3 is 0 Å². The summed E-state index contributed by atoms with van der Waals surface area (Å²) in [6.07, 6.45) is 0. The van der Waals surface area contributed by atoms with Gasteiger partial charge in [0, 0.05) is 5.56 Å². The van der Waals surface area contributed by atoms with Crippen molar-refractivity contribution in [3.05, 3.63) is 34.5 Å². The van der Waals surface area contributed by atoms with E-state index in [1.165, 1.54) is 0 Å². The third-order valence-corrected chi connectivity index (χ3v) is 3.23. The minimum atomic E-state index is 0.896. The Morgan fingerprint density at radius 1 is 1.06 bits per heavy atom. The van der Waals surface area contributed by atoms with Gasteiger partial charge in [0.1, 0.15) is 21.9 Å². The summed E-state index contributed by atoms with van der Waals surface area (Å²) in [6.45, 7) is 3.89. The summed E-state index contributed by atoms with van der Waals surface area (Å²) in [5.74, 6) is 1.82. The lowest BCUT2D eigenvalue weighted by atomic mass is 10.1. The second kappa shape index (κ2) is 3.70. The molecule has 2 N–H and O–H groups in total. The fourth-order valence-electron chi connectivity index (χ4n) is 1.94. The summed E-state index contributed by atoms with van der Waals surface area (Å²) in [7, 11) is 0. The van der Waals surface area contributed by atoms with E-state index in [4.69, 9.17) is 0 Å². The van der Waals surface area contributed by atoms with Crippen molar-refractivity contribution in [2.75, 3.05) is 0 Å². The monoisotopic (exact) mass is 290 g/mol. The summed E-state index contributed by atoms with van der Waals surface area (Å²) >= 11 is 3.48. The molecule has 0 saturated heterocycles. The molecule has 0 fully saturated rings. The minimum Gasteiger partial charge on any atom is -0.342 e. The van der Waals surface area contributed by atoms with E-state index in [0.29, 0.717) is 0 Å². The van der Waals surface area contributed by atoms with Crippen LogP contribution >= 0.6 is 15.9 Å². The number of halogens is 1. The van der Waals surface area contributed by atoms with Crippen molar-refractivity contribution in [2.24, 2.45) is 0 Å². The van der Waals surface area contributed by atoms with Gasteiger partial charge in [0.25, 0.3) is 0 Å². The van der Waals surface area contributed by atoms with Crippen LogP contribution in [0.15, 0.2) is 22.8 Å². The van der Waals surface area contributed by atoms with Crippen LogP contribution in [-0.2, 0) is 0 Å². The van der Waals surface area contributed by atoms with Crippen LogP contribution in [0, 0.1) is 13.8 Å². The molecule has 5 heteroatoms. The molecule has 2 heterocycles. The number of nitrogens with zero attached hydrogens (tertiary/aromatic N) is 2. The predicted molar refractivity (Wildman–Crippen MR) is 70.8 cm³/mol. The van der Waals surface area contributed by atoms with Crippen molar-refractivity contribution < 1.29 is 0 Å². The lowest BCUT2D eigenvalue weighted by Crippen LogP contribution is -1.80. The van der Waals surface area contributed by atoms with Crippen LogP contribution in [0.25, 0.3) is 22.3 Å². The molecule has 0 atom stereocenters. The largest absolute Gasteiger partial charge is 0.342 e. The van der Waals surface area contributed by atoms with Gasteiger partial charge in [-0.3, -0.25) is 0 Å². The second-order valence-electron chi connectivity index (χ2n) is 4.04. The first-order valence-corrected chi connectivity index (χ1v) is 6.11. The van der Waals surface area contributed by atoms with Gasteiger partial charge in [0.15, 0.2) is 0 Å². The number of rotatable bonds is 1. The Kier molecular flexibility index (Phi) is 2.29. The number of H-pyrrole nitrogens is 2. The molecule has 0 aliphatic carbocycles. The Labute approximate surface area is 107 Å². The molecule has 2 aromatic heterocycles. The number of aryl methyl sites for hydroxylation is 2. The van der Waals surface area contributed by atoms with Crippen molar-refractivity contribution in [1.29, 1.82) is 0 Å². The molecule has 0 radical (unpaired) electrons. The summed E-state index contributed by atoms with van der Waals surface area (Å²) in [5.41, 5.74) is 4.01. The average molecular weight is 291 g/mol. The number of hydrogen-bond donors (Lipinski definition) is 2. The van der Waals surface area contributed by atoms with Crippen LogP contribution in [0.2, 0.25) is 0 Å². The fourth-order valence-corrected chi connectivity index (χ4v) is 2.54. The number of hydrogen-bond acceptors (Lipinski definition) is 2. The number of nitrogens with one attached hydrogen (secondary N) is 2. The molecule has 0 saturated carbocycles. The third kappa shape index (κ3) is 1.76. The molecule has 0 aliphatic heterocycles. The third-order valence-electron chi connectivity index (χ3n) is 2.65. The van der Waals surface area contributed by atoms with Gasteiger partial charge in [-0.05, 0) is 41.9 Å².